The van der Waals surface area contributed by atoms with Crippen molar-refractivity contribution < 1.29 is 0 Å². The van der Waals surface area contributed by atoms with E-state index in [2.05, 4.69) is 17.1 Å². The summed E-state index contributed by atoms with van der Waals surface area (Å²) in [5.41, 5.74) is 10.4. The molecule has 0 radical (unpaired) electrons. The third-order valence-corrected chi connectivity index (χ3v) is 2.50. The van der Waals surface area contributed by atoms with Crippen LogP contribution < -0.4 is 5.73 Å². The lowest BCUT2D eigenvalue weighted by atomic mass is 10.0. The van der Waals surface area contributed by atoms with Gasteiger partial charge in [-0.15, -0.1) is 0 Å². The van der Waals surface area contributed by atoms with E-state index in [0.717, 1.165) is 17.7 Å². The minimum atomic E-state index is 0.863. The fourth-order valence-electron chi connectivity index (χ4n) is 1.54. The molecule has 0 spiro atoms. The Morgan fingerprint density at radius 2 is 1.80 bits per heavy atom. The Morgan fingerprint density at radius 1 is 1.07 bits per heavy atom. The van der Waals surface area contributed by atoms with Crippen molar-refractivity contribution in [3.05, 3.63) is 59.4 Å². The van der Waals surface area contributed by atoms with Gasteiger partial charge in [-0.05, 0) is 48.2 Å². The highest BCUT2D eigenvalue weighted by Gasteiger charge is 1.98. The summed E-state index contributed by atoms with van der Waals surface area (Å²) in [6.07, 6.45) is 4.53. The quantitative estimate of drug-likeness (QED) is 0.753. The lowest BCUT2D eigenvalue weighted by Gasteiger charge is -2.04. The van der Waals surface area contributed by atoms with Crippen LogP contribution in [0.15, 0.2) is 42.7 Å². The van der Waals surface area contributed by atoms with E-state index in [1.807, 2.05) is 37.5 Å². The van der Waals surface area contributed by atoms with Crippen molar-refractivity contribution in [2.75, 3.05) is 5.73 Å². The molecule has 1 aromatic heterocycles. The van der Waals surface area contributed by atoms with Crippen LogP contribution in [-0.2, 0) is 6.42 Å². The van der Waals surface area contributed by atoms with Gasteiger partial charge in [0.2, 0.25) is 0 Å². The van der Waals surface area contributed by atoms with Crippen LogP contribution in [0.2, 0.25) is 0 Å². The Hall–Kier alpha value is -1.83. The number of aromatic nitrogens is 1. The lowest BCUT2D eigenvalue weighted by Crippen LogP contribution is -1.93. The first kappa shape index (κ1) is 9.71. The van der Waals surface area contributed by atoms with Crippen LogP contribution in [0.3, 0.4) is 0 Å². The molecule has 0 saturated carbocycles. The summed E-state index contributed by atoms with van der Waals surface area (Å²) in [4.78, 5) is 3.99. The van der Waals surface area contributed by atoms with Gasteiger partial charge in [0.1, 0.15) is 0 Å². The largest absolute Gasteiger partial charge is 0.399 e. The summed E-state index contributed by atoms with van der Waals surface area (Å²) in [7, 11) is 0. The summed E-state index contributed by atoms with van der Waals surface area (Å²) in [5.74, 6) is 0. The van der Waals surface area contributed by atoms with Crippen molar-refractivity contribution >= 4 is 5.69 Å². The zero-order chi connectivity index (χ0) is 10.7. The zero-order valence-corrected chi connectivity index (χ0v) is 8.77. The summed E-state index contributed by atoms with van der Waals surface area (Å²) in [6.45, 7) is 2.02. The number of hydrogen-bond donors (Lipinski definition) is 1. The molecule has 15 heavy (non-hydrogen) atoms. The fourth-order valence-corrected chi connectivity index (χ4v) is 1.54. The highest BCUT2D eigenvalue weighted by molar-refractivity contribution is 5.49. The Labute approximate surface area is 89.8 Å². The average molecular weight is 198 g/mol. The van der Waals surface area contributed by atoms with Crippen molar-refractivity contribution in [1.29, 1.82) is 0 Å². The Bertz CT molecular complexity index is 449. The van der Waals surface area contributed by atoms with E-state index in [1.165, 1.54) is 11.1 Å². The number of nitrogens with two attached hydrogens (primary N) is 1. The number of anilines is 1. The molecule has 2 aromatic rings. The monoisotopic (exact) mass is 198 g/mol. The van der Waals surface area contributed by atoms with Crippen LogP contribution in [0, 0.1) is 6.92 Å². The van der Waals surface area contributed by atoms with Crippen molar-refractivity contribution in [2.45, 2.75) is 13.3 Å². The topological polar surface area (TPSA) is 38.9 Å². The molecule has 0 aliphatic carbocycles. The molecule has 2 nitrogen and oxygen atoms in total. The second-order valence-electron chi connectivity index (χ2n) is 3.72. The molecule has 76 valence electrons. The molecule has 0 bridgehead atoms. The molecule has 0 aliphatic heterocycles. The van der Waals surface area contributed by atoms with Gasteiger partial charge >= 0.3 is 0 Å². The number of rotatable bonds is 2. The summed E-state index contributed by atoms with van der Waals surface area (Å²) in [5, 5.41) is 0. The third kappa shape index (κ3) is 2.34. The maximum Gasteiger partial charge on any atom is 0.0346 e. The standard InChI is InChI=1S/C13H14N2/c1-10-2-3-12(9-13(10)14)8-11-4-6-15-7-5-11/h2-7,9H,8,14H2,1H3. The molecular formula is C13H14N2. The van der Waals surface area contributed by atoms with E-state index in [9.17, 15) is 0 Å². The number of nitrogen functional groups attached to an aromatic ring is 1. The predicted molar refractivity (Wildman–Crippen MR) is 62.6 cm³/mol. The van der Waals surface area contributed by atoms with E-state index in [4.69, 9.17) is 5.73 Å². The minimum Gasteiger partial charge on any atom is -0.399 e. The van der Waals surface area contributed by atoms with E-state index < -0.39 is 0 Å². The Morgan fingerprint density at radius 3 is 2.47 bits per heavy atom. The molecule has 2 rings (SSSR count). The first-order chi connectivity index (χ1) is 7.25. The summed E-state index contributed by atoms with van der Waals surface area (Å²) < 4.78 is 0. The molecule has 0 fully saturated rings. The van der Waals surface area contributed by atoms with Crippen molar-refractivity contribution in [1.82, 2.24) is 4.98 Å². The number of pyridine rings is 1. The van der Waals surface area contributed by atoms with Gasteiger partial charge < -0.3 is 5.73 Å². The normalized spacial score (nSPS) is 10.2. The van der Waals surface area contributed by atoms with Gasteiger partial charge in [0.25, 0.3) is 0 Å². The van der Waals surface area contributed by atoms with Crippen molar-refractivity contribution in [2.24, 2.45) is 0 Å². The highest BCUT2D eigenvalue weighted by Crippen LogP contribution is 2.15. The van der Waals surface area contributed by atoms with Gasteiger partial charge in [-0.1, -0.05) is 12.1 Å². The molecule has 0 aliphatic rings. The van der Waals surface area contributed by atoms with Crippen LogP contribution in [0.5, 0.6) is 0 Å². The van der Waals surface area contributed by atoms with Gasteiger partial charge in [0.05, 0.1) is 0 Å². The second-order valence-corrected chi connectivity index (χ2v) is 3.72. The first-order valence-corrected chi connectivity index (χ1v) is 4.99. The number of hydrogen-bond acceptors (Lipinski definition) is 2. The van der Waals surface area contributed by atoms with Gasteiger partial charge in [0, 0.05) is 18.1 Å². The van der Waals surface area contributed by atoms with Crippen molar-refractivity contribution in [3.8, 4) is 0 Å². The lowest BCUT2D eigenvalue weighted by molar-refractivity contribution is 1.16. The van der Waals surface area contributed by atoms with E-state index >= 15 is 0 Å². The summed E-state index contributed by atoms with van der Waals surface area (Å²) in [6, 6.07) is 10.3. The third-order valence-electron chi connectivity index (χ3n) is 2.50. The minimum absolute atomic E-state index is 0.863. The molecule has 1 heterocycles. The van der Waals surface area contributed by atoms with Gasteiger partial charge in [-0.25, -0.2) is 0 Å². The van der Waals surface area contributed by atoms with Crippen LogP contribution >= 0.6 is 0 Å². The number of nitrogens with zero attached hydrogens (tertiary/aromatic N) is 1. The van der Waals surface area contributed by atoms with Gasteiger partial charge in [0.15, 0.2) is 0 Å². The second kappa shape index (κ2) is 4.13. The van der Waals surface area contributed by atoms with Crippen molar-refractivity contribution in [3.63, 3.8) is 0 Å². The molecule has 0 unspecified atom stereocenters. The van der Waals surface area contributed by atoms with E-state index in [-0.39, 0.29) is 0 Å². The van der Waals surface area contributed by atoms with Crippen LogP contribution in [-0.4, -0.2) is 4.98 Å². The summed E-state index contributed by atoms with van der Waals surface area (Å²) >= 11 is 0. The molecule has 0 saturated heterocycles. The highest BCUT2D eigenvalue weighted by atomic mass is 14.6. The SMILES string of the molecule is Cc1ccc(Cc2ccncc2)cc1N. The molecular weight excluding hydrogens is 184 g/mol. The maximum absolute atomic E-state index is 5.86. The van der Waals surface area contributed by atoms with Gasteiger partial charge in [-0.2, -0.15) is 0 Å². The molecule has 1 aromatic carbocycles. The molecule has 0 amide bonds. The fraction of sp³-hybridized carbons (Fsp3) is 0.154. The Balaban J connectivity index is 2.22. The smallest absolute Gasteiger partial charge is 0.0346 e. The van der Waals surface area contributed by atoms with E-state index in [0.29, 0.717) is 0 Å². The van der Waals surface area contributed by atoms with Crippen LogP contribution in [0.1, 0.15) is 16.7 Å². The maximum atomic E-state index is 5.86. The number of benzene rings is 1. The zero-order valence-electron chi connectivity index (χ0n) is 8.77. The average Bonchev–Trinajstić information content (AvgIpc) is 2.25. The predicted octanol–water partition coefficient (Wildman–Crippen LogP) is 2.56. The molecule has 2 heteroatoms. The molecule has 0 atom stereocenters. The van der Waals surface area contributed by atoms with E-state index in [1.54, 1.807) is 0 Å². The first-order valence-electron chi connectivity index (χ1n) is 4.99. The Kier molecular flexibility index (Phi) is 2.68. The van der Waals surface area contributed by atoms with Crippen LogP contribution in [0.4, 0.5) is 5.69 Å². The van der Waals surface area contributed by atoms with Crippen LogP contribution in [0.25, 0.3) is 0 Å². The molecule has 2 N–H and O–H groups in total. The number of aryl methyl sites for hydroxylation is 1. The van der Waals surface area contributed by atoms with Gasteiger partial charge in [-0.3, -0.25) is 4.98 Å².